The highest BCUT2D eigenvalue weighted by Gasteiger charge is 2.20. The standard InChI is InChI=1S/C21H21N3O/c1-15-14-18(13-12-17-8-4-3-5-9-17)19-10-6-7-11-20(19)24(15)23-21(25)16(2)22/h3-14,16H,22H2,1-2H3/p+1/t16-/m0/s1. The van der Waals surface area contributed by atoms with Crippen LogP contribution in [-0.2, 0) is 4.79 Å². The minimum atomic E-state index is -0.566. The van der Waals surface area contributed by atoms with E-state index in [1.165, 1.54) is 0 Å². The first kappa shape index (κ1) is 16.9. The second-order valence-corrected chi connectivity index (χ2v) is 6.10. The zero-order chi connectivity index (χ0) is 17.8. The van der Waals surface area contributed by atoms with Crippen LogP contribution in [0.3, 0.4) is 0 Å². The fourth-order valence-corrected chi connectivity index (χ4v) is 2.72. The van der Waals surface area contributed by atoms with Gasteiger partial charge in [0.15, 0.2) is 0 Å². The lowest BCUT2D eigenvalue weighted by Gasteiger charge is -2.09. The summed E-state index contributed by atoms with van der Waals surface area (Å²) in [5.74, 6) is -0.217. The van der Waals surface area contributed by atoms with Gasteiger partial charge in [-0.1, -0.05) is 59.3 Å². The number of fused-ring (bicyclic) bond motifs is 1. The maximum atomic E-state index is 12.0. The van der Waals surface area contributed by atoms with Crippen LogP contribution in [0.4, 0.5) is 0 Å². The Morgan fingerprint density at radius 2 is 1.76 bits per heavy atom. The zero-order valence-electron chi connectivity index (χ0n) is 14.4. The molecular formula is C21H22N3O+. The number of nitrogens with two attached hydrogens (primary N) is 1. The maximum Gasteiger partial charge on any atom is 0.291 e. The van der Waals surface area contributed by atoms with Gasteiger partial charge in [0.05, 0.1) is 11.4 Å². The largest absolute Gasteiger partial charge is 0.320 e. The van der Waals surface area contributed by atoms with Crippen molar-refractivity contribution in [2.45, 2.75) is 19.9 Å². The Kier molecular flexibility index (Phi) is 4.91. The van der Waals surface area contributed by atoms with Gasteiger partial charge in [0.1, 0.15) is 0 Å². The summed E-state index contributed by atoms with van der Waals surface area (Å²) in [6.45, 7) is 3.64. The molecule has 0 spiro atoms. The van der Waals surface area contributed by atoms with Crippen molar-refractivity contribution in [2.75, 3.05) is 5.43 Å². The van der Waals surface area contributed by atoms with E-state index in [-0.39, 0.29) is 5.91 Å². The first-order chi connectivity index (χ1) is 12.1. The highest BCUT2D eigenvalue weighted by Crippen LogP contribution is 2.19. The lowest BCUT2D eigenvalue weighted by atomic mass is 10.1. The van der Waals surface area contributed by atoms with Crippen molar-refractivity contribution in [2.24, 2.45) is 5.73 Å². The number of amides is 1. The van der Waals surface area contributed by atoms with Crippen LogP contribution < -0.4 is 15.8 Å². The van der Waals surface area contributed by atoms with Crippen LogP contribution in [0, 0.1) is 6.92 Å². The van der Waals surface area contributed by atoms with E-state index < -0.39 is 6.04 Å². The van der Waals surface area contributed by atoms with Crippen molar-refractivity contribution in [3.63, 3.8) is 0 Å². The van der Waals surface area contributed by atoms with E-state index >= 15 is 0 Å². The van der Waals surface area contributed by atoms with Crippen molar-refractivity contribution >= 4 is 29.0 Å². The van der Waals surface area contributed by atoms with E-state index in [1.807, 2.05) is 49.4 Å². The SMILES string of the molecule is Cc1cc(C=Cc2ccccc2)c2ccccc2[n+]1NC(=O)[C@H](C)N. The summed E-state index contributed by atoms with van der Waals surface area (Å²) in [4.78, 5) is 12.0. The van der Waals surface area contributed by atoms with Gasteiger partial charge in [-0.05, 0) is 24.1 Å². The molecule has 1 heterocycles. The molecule has 25 heavy (non-hydrogen) atoms. The van der Waals surface area contributed by atoms with Crippen molar-refractivity contribution < 1.29 is 9.47 Å². The van der Waals surface area contributed by atoms with Crippen LogP contribution in [0.2, 0.25) is 0 Å². The molecule has 0 aliphatic carbocycles. The number of pyridine rings is 1. The molecule has 2 aromatic carbocycles. The summed E-state index contributed by atoms with van der Waals surface area (Å²) in [5, 5.41) is 1.06. The van der Waals surface area contributed by atoms with Crippen LogP contribution in [0.1, 0.15) is 23.7 Å². The molecule has 4 heteroatoms. The Balaban J connectivity index is 2.07. The lowest BCUT2D eigenvalue weighted by Crippen LogP contribution is -2.55. The molecule has 0 aliphatic heterocycles. The Morgan fingerprint density at radius 3 is 2.48 bits per heavy atom. The van der Waals surface area contributed by atoms with E-state index in [4.69, 9.17) is 5.73 Å². The predicted molar refractivity (Wildman–Crippen MR) is 102 cm³/mol. The number of nitrogens with zero attached hydrogens (tertiary/aromatic N) is 1. The minimum absolute atomic E-state index is 0.217. The number of rotatable bonds is 4. The van der Waals surface area contributed by atoms with Gasteiger partial charge in [0.25, 0.3) is 5.91 Å². The van der Waals surface area contributed by atoms with Gasteiger partial charge in [0, 0.05) is 19.1 Å². The maximum absolute atomic E-state index is 12.0. The number of benzene rings is 2. The monoisotopic (exact) mass is 332 g/mol. The van der Waals surface area contributed by atoms with Crippen LogP contribution in [0.15, 0.2) is 60.7 Å². The third-order valence-electron chi connectivity index (χ3n) is 4.06. The van der Waals surface area contributed by atoms with Crippen molar-refractivity contribution in [3.8, 4) is 0 Å². The van der Waals surface area contributed by atoms with Crippen LogP contribution in [0.25, 0.3) is 23.1 Å². The van der Waals surface area contributed by atoms with Gasteiger partial charge in [-0.3, -0.25) is 4.79 Å². The first-order valence-corrected chi connectivity index (χ1v) is 8.30. The molecular weight excluding hydrogens is 310 g/mol. The number of aromatic nitrogens is 1. The Hall–Kier alpha value is -2.98. The van der Waals surface area contributed by atoms with Gasteiger partial charge in [-0.15, -0.1) is 5.43 Å². The Bertz CT molecular complexity index is 931. The molecule has 1 amide bonds. The molecule has 0 saturated heterocycles. The number of hydrogen-bond acceptors (Lipinski definition) is 2. The highest BCUT2D eigenvalue weighted by molar-refractivity contribution is 5.90. The molecule has 0 fully saturated rings. The molecule has 1 atom stereocenters. The molecule has 0 radical (unpaired) electrons. The van der Waals surface area contributed by atoms with E-state index in [0.29, 0.717) is 0 Å². The number of carbonyl (C=O) groups excluding carboxylic acids is 1. The average molecular weight is 332 g/mol. The first-order valence-electron chi connectivity index (χ1n) is 8.30. The normalized spacial score (nSPS) is 12.4. The molecule has 126 valence electrons. The molecule has 1 aromatic heterocycles. The van der Waals surface area contributed by atoms with Crippen LogP contribution >= 0.6 is 0 Å². The Labute approximate surface area is 147 Å². The number of para-hydroxylation sites is 1. The van der Waals surface area contributed by atoms with Crippen LogP contribution in [0.5, 0.6) is 0 Å². The average Bonchev–Trinajstić information content (AvgIpc) is 2.63. The fraction of sp³-hybridized carbons (Fsp3) is 0.143. The molecule has 0 aliphatic rings. The Morgan fingerprint density at radius 1 is 1.08 bits per heavy atom. The van der Waals surface area contributed by atoms with Crippen molar-refractivity contribution in [3.05, 3.63) is 77.5 Å². The zero-order valence-corrected chi connectivity index (χ0v) is 14.4. The second kappa shape index (κ2) is 7.28. The summed E-state index contributed by atoms with van der Waals surface area (Å²) >= 11 is 0. The number of carbonyl (C=O) groups is 1. The molecule has 3 rings (SSSR count). The molecule has 3 N–H and O–H groups in total. The molecule has 0 bridgehead atoms. The molecule has 0 saturated carbocycles. The van der Waals surface area contributed by atoms with Gasteiger partial charge < -0.3 is 5.73 Å². The van der Waals surface area contributed by atoms with E-state index in [0.717, 1.165) is 27.7 Å². The highest BCUT2D eigenvalue weighted by atomic mass is 16.2. The van der Waals surface area contributed by atoms with E-state index in [2.05, 4.69) is 35.8 Å². The van der Waals surface area contributed by atoms with Gasteiger partial charge >= 0.3 is 0 Å². The van der Waals surface area contributed by atoms with Crippen molar-refractivity contribution in [1.29, 1.82) is 0 Å². The third kappa shape index (κ3) is 3.75. The van der Waals surface area contributed by atoms with Crippen LogP contribution in [-0.4, -0.2) is 11.9 Å². The number of hydrogen-bond donors (Lipinski definition) is 2. The molecule has 0 unspecified atom stereocenters. The summed E-state index contributed by atoms with van der Waals surface area (Å²) in [5.41, 5.74) is 12.7. The second-order valence-electron chi connectivity index (χ2n) is 6.10. The summed E-state index contributed by atoms with van der Waals surface area (Å²) < 4.78 is 1.79. The summed E-state index contributed by atoms with van der Waals surface area (Å²) in [7, 11) is 0. The lowest BCUT2D eigenvalue weighted by molar-refractivity contribution is -0.621. The fourth-order valence-electron chi connectivity index (χ4n) is 2.72. The van der Waals surface area contributed by atoms with Gasteiger partial charge in [-0.2, -0.15) is 0 Å². The summed E-state index contributed by atoms with van der Waals surface area (Å²) in [6.07, 6.45) is 4.19. The quantitative estimate of drug-likeness (QED) is 0.722. The van der Waals surface area contributed by atoms with Crippen molar-refractivity contribution in [1.82, 2.24) is 0 Å². The number of nitrogens with one attached hydrogen (secondary N) is 1. The van der Waals surface area contributed by atoms with Gasteiger partial charge in [-0.25, -0.2) is 0 Å². The predicted octanol–water partition coefficient (Wildman–Crippen LogP) is 3.02. The molecule has 4 nitrogen and oxygen atoms in total. The smallest absolute Gasteiger partial charge is 0.291 e. The van der Waals surface area contributed by atoms with E-state index in [9.17, 15) is 4.79 Å². The summed E-state index contributed by atoms with van der Waals surface area (Å²) in [6, 6.07) is 19.7. The van der Waals surface area contributed by atoms with E-state index in [1.54, 1.807) is 11.6 Å². The third-order valence-corrected chi connectivity index (χ3v) is 4.06. The minimum Gasteiger partial charge on any atom is -0.320 e. The topological polar surface area (TPSA) is 59.0 Å². The number of aryl methyl sites for hydroxylation is 1. The molecule has 3 aromatic rings. The van der Waals surface area contributed by atoms with Gasteiger partial charge in [0.2, 0.25) is 11.2 Å².